The molecule has 1 aromatic heterocycles. The number of methoxy groups -OCH3 is 1. The number of benzene rings is 1. The molecule has 1 fully saturated rings. The molecule has 0 radical (unpaired) electrons. The van der Waals surface area contributed by atoms with E-state index in [1.165, 1.54) is 33.5 Å². The van der Waals surface area contributed by atoms with E-state index in [-0.39, 0.29) is 6.10 Å². The number of hydrogen-bond acceptors (Lipinski definition) is 7. The second kappa shape index (κ2) is 9.61. The zero-order chi connectivity index (χ0) is 22.4. The number of carbonyl (C=O) groups is 3. The lowest BCUT2D eigenvalue weighted by Gasteiger charge is -2.25. The molecule has 166 valence electrons. The summed E-state index contributed by atoms with van der Waals surface area (Å²) in [6.07, 6.45) is 4.66. The van der Waals surface area contributed by atoms with Crippen molar-refractivity contribution in [2.24, 2.45) is 0 Å². The lowest BCUT2D eigenvalue weighted by Crippen LogP contribution is -2.57. The van der Waals surface area contributed by atoms with E-state index in [2.05, 4.69) is 20.9 Å². The van der Waals surface area contributed by atoms with Crippen molar-refractivity contribution in [3.8, 4) is 17.1 Å². The highest BCUT2D eigenvalue weighted by atomic mass is 16.5. The molecule has 1 saturated heterocycles. The number of ether oxygens (including phenoxy) is 2. The number of nitrogens with one attached hydrogen (secondary N) is 3. The van der Waals surface area contributed by atoms with Crippen LogP contribution in [0.2, 0.25) is 0 Å². The minimum absolute atomic E-state index is 0.0198. The predicted octanol–water partition coefficient (Wildman–Crippen LogP) is 1.48. The lowest BCUT2D eigenvalue weighted by molar-refractivity contribution is -0.139. The molecule has 2 heterocycles. The smallest absolute Gasteiger partial charge is 0.313 e. The molecule has 10 nitrogen and oxygen atoms in total. The van der Waals surface area contributed by atoms with Crippen LogP contribution in [0.25, 0.3) is 11.3 Å². The molecule has 0 saturated carbocycles. The predicted molar refractivity (Wildman–Crippen MR) is 111 cm³/mol. The minimum Gasteiger partial charge on any atom is -0.496 e. The molecule has 0 aliphatic carbocycles. The van der Waals surface area contributed by atoms with Crippen molar-refractivity contribution >= 4 is 23.4 Å². The fourth-order valence-corrected chi connectivity index (χ4v) is 3.14. The standard InChI is InChI=1S/C21H26N4O6/c1-21(2,20(28)23-10-14-5-4-8-30-14)25-19(27)18(26)24-13-6-7-15(16(9-13)29-3)17-11-22-12-31-17/h6-7,9,11-12,14H,4-5,8,10H2,1-3H3,(H,23,28)(H,24,26)(H,25,27). The highest BCUT2D eigenvalue weighted by molar-refractivity contribution is 6.40. The van der Waals surface area contributed by atoms with E-state index >= 15 is 0 Å². The van der Waals surface area contributed by atoms with E-state index in [9.17, 15) is 14.4 Å². The summed E-state index contributed by atoms with van der Waals surface area (Å²) >= 11 is 0. The highest BCUT2D eigenvalue weighted by Gasteiger charge is 2.32. The Morgan fingerprint density at radius 2 is 2.06 bits per heavy atom. The number of anilines is 1. The third kappa shape index (κ3) is 5.60. The first-order valence-corrected chi connectivity index (χ1v) is 9.90. The molecule has 1 aromatic carbocycles. The first-order chi connectivity index (χ1) is 14.8. The molecular formula is C21H26N4O6. The van der Waals surface area contributed by atoms with Gasteiger partial charge in [0.15, 0.2) is 12.2 Å². The molecule has 2 aromatic rings. The Kier molecular flexibility index (Phi) is 6.91. The fourth-order valence-electron chi connectivity index (χ4n) is 3.14. The summed E-state index contributed by atoms with van der Waals surface area (Å²) in [6.45, 7) is 4.10. The van der Waals surface area contributed by atoms with Gasteiger partial charge in [0.1, 0.15) is 11.3 Å². The normalized spacial score (nSPS) is 15.9. The zero-order valence-corrected chi connectivity index (χ0v) is 17.7. The maximum atomic E-state index is 12.4. The van der Waals surface area contributed by atoms with E-state index in [1.54, 1.807) is 18.2 Å². The second-order valence-electron chi connectivity index (χ2n) is 7.66. The maximum absolute atomic E-state index is 12.4. The lowest BCUT2D eigenvalue weighted by atomic mass is 10.0. The van der Waals surface area contributed by atoms with Crippen LogP contribution in [0.3, 0.4) is 0 Å². The Hall–Kier alpha value is -3.40. The van der Waals surface area contributed by atoms with Crippen molar-refractivity contribution in [1.29, 1.82) is 0 Å². The van der Waals surface area contributed by atoms with Crippen molar-refractivity contribution < 1.29 is 28.3 Å². The van der Waals surface area contributed by atoms with E-state index in [4.69, 9.17) is 13.9 Å². The van der Waals surface area contributed by atoms with Gasteiger partial charge in [0.25, 0.3) is 0 Å². The van der Waals surface area contributed by atoms with Gasteiger partial charge in [-0.2, -0.15) is 0 Å². The topological polar surface area (TPSA) is 132 Å². The van der Waals surface area contributed by atoms with Gasteiger partial charge in [0.05, 0.1) is 25.0 Å². The van der Waals surface area contributed by atoms with Crippen molar-refractivity contribution in [3.63, 3.8) is 0 Å². The minimum atomic E-state index is -1.28. The van der Waals surface area contributed by atoms with E-state index in [1.807, 2.05) is 0 Å². The molecule has 3 rings (SSSR count). The largest absolute Gasteiger partial charge is 0.496 e. The molecular weight excluding hydrogens is 404 g/mol. The van der Waals surface area contributed by atoms with Gasteiger partial charge in [-0.15, -0.1) is 0 Å². The summed E-state index contributed by atoms with van der Waals surface area (Å²) in [5.74, 6) is -1.31. The van der Waals surface area contributed by atoms with Crippen LogP contribution in [0.4, 0.5) is 5.69 Å². The number of amides is 3. The van der Waals surface area contributed by atoms with Gasteiger partial charge >= 0.3 is 11.8 Å². The third-order valence-electron chi connectivity index (χ3n) is 4.87. The molecule has 1 aliphatic heterocycles. The molecule has 3 amide bonds. The van der Waals surface area contributed by atoms with Gasteiger partial charge in [0, 0.05) is 24.9 Å². The van der Waals surface area contributed by atoms with Crippen LogP contribution in [-0.2, 0) is 19.1 Å². The molecule has 3 N–H and O–H groups in total. The van der Waals surface area contributed by atoms with Gasteiger partial charge in [-0.05, 0) is 38.8 Å². The van der Waals surface area contributed by atoms with Crippen molar-refractivity contribution in [1.82, 2.24) is 15.6 Å². The summed E-state index contributed by atoms with van der Waals surface area (Å²) in [7, 11) is 1.48. The summed E-state index contributed by atoms with van der Waals surface area (Å²) in [6, 6.07) is 4.84. The molecule has 1 unspecified atom stereocenters. The Balaban J connectivity index is 1.58. The summed E-state index contributed by atoms with van der Waals surface area (Å²) in [4.78, 5) is 41.0. The highest BCUT2D eigenvalue weighted by Crippen LogP contribution is 2.32. The summed E-state index contributed by atoms with van der Waals surface area (Å²) in [5, 5.41) is 7.71. The van der Waals surface area contributed by atoms with E-state index in [0.717, 1.165) is 12.8 Å². The molecule has 1 aliphatic rings. The Labute approximate surface area is 179 Å². The molecule has 0 spiro atoms. The zero-order valence-electron chi connectivity index (χ0n) is 17.7. The average molecular weight is 430 g/mol. The van der Waals surface area contributed by atoms with Gasteiger partial charge in [-0.25, -0.2) is 4.98 Å². The van der Waals surface area contributed by atoms with Gasteiger partial charge in [-0.1, -0.05) is 0 Å². The van der Waals surface area contributed by atoms with Crippen LogP contribution in [-0.4, -0.2) is 54.6 Å². The average Bonchev–Trinajstić information content (AvgIpc) is 3.45. The molecule has 0 bridgehead atoms. The molecule has 10 heteroatoms. The monoisotopic (exact) mass is 430 g/mol. The van der Waals surface area contributed by atoms with Crippen molar-refractivity contribution in [3.05, 3.63) is 30.8 Å². The SMILES string of the molecule is COc1cc(NC(=O)C(=O)NC(C)(C)C(=O)NCC2CCCO2)ccc1-c1cnco1. The van der Waals surface area contributed by atoms with Crippen LogP contribution in [0.15, 0.2) is 35.2 Å². The quantitative estimate of drug-likeness (QED) is 0.567. The Morgan fingerprint density at radius 1 is 1.26 bits per heavy atom. The first-order valence-electron chi connectivity index (χ1n) is 9.90. The number of hydrogen-bond donors (Lipinski definition) is 3. The first kappa shape index (κ1) is 22.3. The number of carbonyl (C=O) groups excluding carboxylic acids is 3. The van der Waals surface area contributed by atoms with E-state index < -0.39 is 23.3 Å². The summed E-state index contributed by atoms with van der Waals surface area (Å²) < 4.78 is 16.1. The van der Waals surface area contributed by atoms with E-state index in [0.29, 0.717) is 35.9 Å². The van der Waals surface area contributed by atoms with Crippen LogP contribution < -0.4 is 20.7 Å². The van der Waals surface area contributed by atoms with Gasteiger partial charge < -0.3 is 29.8 Å². The Bertz CT molecular complexity index is 935. The molecule has 1 atom stereocenters. The number of nitrogens with zero attached hydrogens (tertiary/aromatic N) is 1. The van der Waals surface area contributed by atoms with Crippen LogP contribution in [0.5, 0.6) is 5.75 Å². The van der Waals surface area contributed by atoms with Crippen LogP contribution >= 0.6 is 0 Å². The second-order valence-corrected chi connectivity index (χ2v) is 7.66. The number of oxazole rings is 1. The molecule has 31 heavy (non-hydrogen) atoms. The maximum Gasteiger partial charge on any atom is 0.313 e. The Morgan fingerprint density at radius 3 is 2.71 bits per heavy atom. The van der Waals surface area contributed by atoms with Crippen LogP contribution in [0, 0.1) is 0 Å². The third-order valence-corrected chi connectivity index (χ3v) is 4.87. The number of aromatic nitrogens is 1. The van der Waals surface area contributed by atoms with Gasteiger partial charge in [0.2, 0.25) is 5.91 Å². The summed E-state index contributed by atoms with van der Waals surface area (Å²) in [5.41, 5.74) is -0.284. The van der Waals surface area contributed by atoms with Crippen molar-refractivity contribution in [2.75, 3.05) is 25.6 Å². The van der Waals surface area contributed by atoms with Crippen molar-refractivity contribution in [2.45, 2.75) is 38.3 Å². The fraction of sp³-hybridized carbons (Fsp3) is 0.429. The van der Waals surface area contributed by atoms with Gasteiger partial charge in [-0.3, -0.25) is 14.4 Å². The van der Waals surface area contributed by atoms with Crippen LogP contribution in [0.1, 0.15) is 26.7 Å². The number of rotatable bonds is 7.